The van der Waals surface area contributed by atoms with Crippen LogP contribution in [0.1, 0.15) is 18.4 Å². The molecule has 1 aliphatic carbocycles. The number of nitrogens with one attached hydrogen (secondary N) is 1. The van der Waals surface area contributed by atoms with Gasteiger partial charge in [-0.05, 0) is 30.5 Å². The normalized spacial score (nSPS) is 14.5. The van der Waals surface area contributed by atoms with E-state index in [4.69, 9.17) is 5.73 Å². The molecule has 0 bridgehead atoms. The highest BCUT2D eigenvalue weighted by molar-refractivity contribution is 5.81. The maximum Gasteiger partial charge on any atom is 0.239 e. The molecule has 3 N–H and O–H groups in total. The summed E-state index contributed by atoms with van der Waals surface area (Å²) in [6.45, 7) is 0.949. The van der Waals surface area contributed by atoms with Crippen LogP contribution in [0, 0.1) is 0 Å². The fraction of sp³-hybridized carbons (Fsp3) is 0.462. The topological polar surface area (TPSA) is 58.4 Å². The van der Waals surface area contributed by atoms with E-state index in [1.807, 2.05) is 36.2 Å². The average Bonchev–Trinajstić information content (AvgIpc) is 3.12. The lowest BCUT2D eigenvalue weighted by molar-refractivity contribution is -0.119. The average molecular weight is 233 g/mol. The quantitative estimate of drug-likeness (QED) is 0.793. The molecular formula is C13H19N3O. The Kier molecular flexibility index (Phi) is 3.64. The molecule has 0 atom stereocenters. The second-order valence-corrected chi connectivity index (χ2v) is 4.57. The van der Waals surface area contributed by atoms with Crippen LogP contribution < -0.4 is 16.0 Å². The van der Waals surface area contributed by atoms with Gasteiger partial charge in [0.05, 0.1) is 6.54 Å². The van der Waals surface area contributed by atoms with Gasteiger partial charge in [-0.15, -0.1) is 0 Å². The van der Waals surface area contributed by atoms with Gasteiger partial charge in [0.1, 0.15) is 0 Å². The Morgan fingerprint density at radius 3 is 2.59 bits per heavy atom. The van der Waals surface area contributed by atoms with Crippen LogP contribution in [0.2, 0.25) is 0 Å². The highest BCUT2D eigenvalue weighted by Crippen LogP contribution is 2.19. The summed E-state index contributed by atoms with van der Waals surface area (Å²) in [4.78, 5) is 13.6. The molecular weight excluding hydrogens is 214 g/mol. The van der Waals surface area contributed by atoms with Crippen LogP contribution in [-0.4, -0.2) is 25.5 Å². The minimum atomic E-state index is 0.0953. The van der Waals surface area contributed by atoms with E-state index in [-0.39, 0.29) is 5.91 Å². The second-order valence-electron chi connectivity index (χ2n) is 4.57. The third-order valence-electron chi connectivity index (χ3n) is 2.94. The number of nitrogens with zero attached hydrogens (tertiary/aromatic N) is 1. The maximum atomic E-state index is 11.6. The van der Waals surface area contributed by atoms with Crippen molar-refractivity contribution in [1.82, 2.24) is 5.32 Å². The molecule has 0 spiro atoms. The number of rotatable bonds is 5. The smallest absolute Gasteiger partial charge is 0.239 e. The van der Waals surface area contributed by atoms with Gasteiger partial charge in [-0.2, -0.15) is 0 Å². The fourth-order valence-corrected chi connectivity index (χ4v) is 1.69. The standard InChI is InChI=1S/C13H19N3O/c1-16(9-13(17)15-11-4-5-11)12-6-2-10(8-14)3-7-12/h2-3,6-7,11H,4-5,8-9,14H2,1H3,(H,15,17). The molecule has 0 unspecified atom stereocenters. The molecule has 0 heterocycles. The van der Waals surface area contributed by atoms with Crippen molar-refractivity contribution in [2.45, 2.75) is 25.4 Å². The van der Waals surface area contributed by atoms with Crippen LogP contribution in [-0.2, 0) is 11.3 Å². The Morgan fingerprint density at radius 1 is 1.41 bits per heavy atom. The molecule has 92 valence electrons. The summed E-state index contributed by atoms with van der Waals surface area (Å²) < 4.78 is 0. The summed E-state index contributed by atoms with van der Waals surface area (Å²) in [5.41, 5.74) is 7.68. The maximum absolute atomic E-state index is 11.6. The van der Waals surface area contributed by atoms with Crippen molar-refractivity contribution >= 4 is 11.6 Å². The van der Waals surface area contributed by atoms with Crippen LogP contribution in [0.4, 0.5) is 5.69 Å². The number of benzene rings is 1. The SMILES string of the molecule is CN(CC(=O)NC1CC1)c1ccc(CN)cc1. The van der Waals surface area contributed by atoms with Crippen molar-refractivity contribution in [1.29, 1.82) is 0 Å². The molecule has 4 nitrogen and oxygen atoms in total. The number of nitrogens with two attached hydrogens (primary N) is 1. The molecule has 1 aromatic rings. The van der Waals surface area contributed by atoms with Crippen LogP contribution in [0.3, 0.4) is 0 Å². The molecule has 0 radical (unpaired) electrons. The lowest BCUT2D eigenvalue weighted by atomic mass is 10.2. The molecule has 1 aromatic carbocycles. The van der Waals surface area contributed by atoms with Crippen LogP contribution in [0.15, 0.2) is 24.3 Å². The van der Waals surface area contributed by atoms with E-state index in [1.54, 1.807) is 0 Å². The van der Waals surface area contributed by atoms with Crippen molar-refractivity contribution in [3.63, 3.8) is 0 Å². The third-order valence-corrected chi connectivity index (χ3v) is 2.94. The molecule has 0 aromatic heterocycles. The van der Waals surface area contributed by atoms with Gasteiger partial charge < -0.3 is 16.0 Å². The van der Waals surface area contributed by atoms with Gasteiger partial charge in [0, 0.05) is 25.3 Å². The molecule has 1 amide bonds. The zero-order valence-corrected chi connectivity index (χ0v) is 10.1. The summed E-state index contributed by atoms with van der Waals surface area (Å²) in [5, 5.41) is 2.98. The summed E-state index contributed by atoms with van der Waals surface area (Å²) in [5.74, 6) is 0.0953. The van der Waals surface area contributed by atoms with Crippen LogP contribution >= 0.6 is 0 Å². The first-order chi connectivity index (χ1) is 8.19. The predicted molar refractivity (Wildman–Crippen MR) is 68.8 cm³/mol. The molecule has 4 heteroatoms. The Bertz CT molecular complexity index is 384. The van der Waals surface area contributed by atoms with E-state index in [2.05, 4.69) is 5.32 Å². The summed E-state index contributed by atoms with van der Waals surface area (Å²) in [6, 6.07) is 8.39. The summed E-state index contributed by atoms with van der Waals surface area (Å²) in [7, 11) is 1.92. The summed E-state index contributed by atoms with van der Waals surface area (Å²) >= 11 is 0. The first-order valence-corrected chi connectivity index (χ1v) is 5.98. The molecule has 1 saturated carbocycles. The fourth-order valence-electron chi connectivity index (χ4n) is 1.69. The number of carbonyl (C=O) groups excluding carboxylic acids is 1. The van der Waals surface area contributed by atoms with E-state index in [0.29, 0.717) is 19.1 Å². The van der Waals surface area contributed by atoms with Gasteiger partial charge in [0.15, 0.2) is 0 Å². The van der Waals surface area contributed by atoms with Gasteiger partial charge in [0.2, 0.25) is 5.91 Å². The largest absolute Gasteiger partial charge is 0.365 e. The van der Waals surface area contributed by atoms with Gasteiger partial charge in [0.25, 0.3) is 0 Å². The van der Waals surface area contributed by atoms with Crippen LogP contribution in [0.5, 0.6) is 0 Å². The van der Waals surface area contributed by atoms with Gasteiger partial charge in [-0.3, -0.25) is 4.79 Å². The minimum Gasteiger partial charge on any atom is -0.365 e. The number of hydrogen-bond acceptors (Lipinski definition) is 3. The van der Waals surface area contributed by atoms with E-state index in [0.717, 1.165) is 24.1 Å². The van der Waals surface area contributed by atoms with E-state index >= 15 is 0 Å². The Morgan fingerprint density at radius 2 is 2.06 bits per heavy atom. The van der Waals surface area contributed by atoms with E-state index < -0.39 is 0 Å². The highest BCUT2D eigenvalue weighted by Gasteiger charge is 2.23. The van der Waals surface area contributed by atoms with Crippen molar-refractivity contribution in [2.75, 3.05) is 18.5 Å². The summed E-state index contributed by atoms with van der Waals surface area (Å²) in [6.07, 6.45) is 2.25. The van der Waals surface area contributed by atoms with E-state index in [9.17, 15) is 4.79 Å². The predicted octanol–water partition coefficient (Wildman–Crippen LogP) is 0.860. The van der Waals surface area contributed by atoms with E-state index in [1.165, 1.54) is 0 Å². The van der Waals surface area contributed by atoms with Crippen molar-refractivity contribution in [3.8, 4) is 0 Å². The monoisotopic (exact) mass is 233 g/mol. The van der Waals surface area contributed by atoms with Crippen molar-refractivity contribution < 1.29 is 4.79 Å². The number of likely N-dealkylation sites (N-methyl/N-ethyl adjacent to an activating group) is 1. The van der Waals surface area contributed by atoms with Gasteiger partial charge >= 0.3 is 0 Å². The molecule has 0 aliphatic heterocycles. The Hall–Kier alpha value is -1.55. The number of carbonyl (C=O) groups is 1. The van der Waals surface area contributed by atoms with Crippen molar-refractivity contribution in [3.05, 3.63) is 29.8 Å². The lowest BCUT2D eigenvalue weighted by Gasteiger charge is -2.19. The zero-order chi connectivity index (χ0) is 12.3. The molecule has 1 aliphatic rings. The van der Waals surface area contributed by atoms with Gasteiger partial charge in [-0.25, -0.2) is 0 Å². The van der Waals surface area contributed by atoms with Crippen LogP contribution in [0.25, 0.3) is 0 Å². The Labute approximate surface area is 102 Å². The minimum absolute atomic E-state index is 0.0953. The first kappa shape index (κ1) is 11.9. The second kappa shape index (κ2) is 5.19. The number of hydrogen-bond donors (Lipinski definition) is 2. The Balaban J connectivity index is 1.88. The highest BCUT2D eigenvalue weighted by atomic mass is 16.2. The molecule has 1 fully saturated rings. The number of anilines is 1. The molecule has 0 saturated heterocycles. The molecule has 2 rings (SSSR count). The van der Waals surface area contributed by atoms with Gasteiger partial charge in [-0.1, -0.05) is 12.1 Å². The lowest BCUT2D eigenvalue weighted by Crippen LogP contribution is -2.36. The third kappa shape index (κ3) is 3.46. The first-order valence-electron chi connectivity index (χ1n) is 5.98. The zero-order valence-electron chi connectivity index (χ0n) is 10.1. The molecule has 17 heavy (non-hydrogen) atoms. The van der Waals surface area contributed by atoms with Crippen molar-refractivity contribution in [2.24, 2.45) is 5.73 Å². The number of amides is 1.